The molecule has 0 unspecified atom stereocenters. The van der Waals surface area contributed by atoms with Gasteiger partial charge in [-0.1, -0.05) is 29.3 Å². The van der Waals surface area contributed by atoms with Crippen molar-refractivity contribution in [3.8, 4) is 0 Å². The third kappa shape index (κ3) is 3.65. The Morgan fingerprint density at radius 2 is 1.89 bits per heavy atom. The van der Waals surface area contributed by atoms with E-state index in [9.17, 15) is 9.59 Å². The van der Waals surface area contributed by atoms with Crippen LogP contribution < -0.4 is 10.2 Å². The zero-order valence-electron chi connectivity index (χ0n) is 16.3. The van der Waals surface area contributed by atoms with Gasteiger partial charge in [-0.05, 0) is 50.1 Å². The highest BCUT2D eigenvalue weighted by Crippen LogP contribution is 2.25. The average molecular weight is 375 g/mol. The van der Waals surface area contributed by atoms with Crippen LogP contribution in [0.15, 0.2) is 48.7 Å². The first kappa shape index (κ1) is 18.3. The minimum absolute atomic E-state index is 0.0103. The number of nitrogens with one attached hydrogen (secondary N) is 2. The second-order valence-corrected chi connectivity index (χ2v) is 7.64. The minimum Gasteiger partial charge on any atom is -0.361 e. The maximum absolute atomic E-state index is 12.6. The minimum atomic E-state index is -0.293. The fourth-order valence-electron chi connectivity index (χ4n) is 3.82. The molecule has 4 rings (SSSR count). The van der Waals surface area contributed by atoms with Crippen LogP contribution in [0.1, 0.15) is 23.1 Å². The number of carbonyl (C=O) groups excluding carboxylic acids is 2. The first-order valence-corrected chi connectivity index (χ1v) is 9.72. The van der Waals surface area contributed by atoms with Gasteiger partial charge < -0.3 is 15.2 Å². The summed E-state index contributed by atoms with van der Waals surface area (Å²) in [6.07, 6.45) is 3.04. The van der Waals surface area contributed by atoms with Crippen molar-refractivity contribution >= 4 is 28.4 Å². The van der Waals surface area contributed by atoms with Gasteiger partial charge in [-0.25, -0.2) is 0 Å². The van der Waals surface area contributed by atoms with Crippen molar-refractivity contribution < 1.29 is 9.59 Å². The highest BCUT2D eigenvalue weighted by molar-refractivity contribution is 6.00. The molecule has 3 aromatic rings. The Hall–Kier alpha value is -3.08. The monoisotopic (exact) mass is 375 g/mol. The van der Waals surface area contributed by atoms with Crippen LogP contribution in [0.2, 0.25) is 0 Å². The summed E-state index contributed by atoms with van der Waals surface area (Å²) in [5, 5.41) is 4.22. The molecular formula is C23H25N3O2. The van der Waals surface area contributed by atoms with Gasteiger partial charge in [-0.3, -0.25) is 9.59 Å². The smallest absolute Gasteiger partial charge is 0.227 e. The van der Waals surface area contributed by atoms with Crippen molar-refractivity contribution in [2.45, 2.75) is 26.7 Å². The van der Waals surface area contributed by atoms with Crippen LogP contribution in [-0.4, -0.2) is 29.9 Å². The summed E-state index contributed by atoms with van der Waals surface area (Å²) < 4.78 is 0. The van der Waals surface area contributed by atoms with E-state index in [0.29, 0.717) is 13.1 Å². The quantitative estimate of drug-likeness (QED) is 0.717. The molecule has 144 valence electrons. The number of carbonyl (C=O) groups is 2. The van der Waals surface area contributed by atoms with E-state index in [-0.39, 0.29) is 24.2 Å². The number of anilines is 1. The molecule has 5 heteroatoms. The van der Waals surface area contributed by atoms with Crippen LogP contribution in [0.5, 0.6) is 0 Å². The van der Waals surface area contributed by atoms with Crippen molar-refractivity contribution in [3.05, 3.63) is 65.4 Å². The first-order chi connectivity index (χ1) is 13.5. The Morgan fingerprint density at radius 3 is 2.68 bits per heavy atom. The van der Waals surface area contributed by atoms with Gasteiger partial charge in [0.05, 0.1) is 5.92 Å². The van der Waals surface area contributed by atoms with Gasteiger partial charge in [0.15, 0.2) is 0 Å². The lowest BCUT2D eigenvalue weighted by atomic mass is 10.1. The van der Waals surface area contributed by atoms with Crippen molar-refractivity contribution in [2.75, 3.05) is 18.0 Å². The number of hydrogen-bond acceptors (Lipinski definition) is 2. The highest BCUT2D eigenvalue weighted by atomic mass is 16.2. The Morgan fingerprint density at radius 1 is 1.14 bits per heavy atom. The van der Waals surface area contributed by atoms with Gasteiger partial charge >= 0.3 is 0 Å². The lowest BCUT2D eigenvalue weighted by Gasteiger charge is -2.17. The van der Waals surface area contributed by atoms with E-state index in [1.807, 2.05) is 37.4 Å². The van der Waals surface area contributed by atoms with Crippen LogP contribution >= 0.6 is 0 Å². The summed E-state index contributed by atoms with van der Waals surface area (Å²) >= 11 is 0. The third-order valence-corrected chi connectivity index (χ3v) is 5.46. The van der Waals surface area contributed by atoms with Crippen LogP contribution in [0.4, 0.5) is 5.69 Å². The topological polar surface area (TPSA) is 65.2 Å². The lowest BCUT2D eigenvalue weighted by Crippen LogP contribution is -2.34. The number of fused-ring (bicyclic) bond motifs is 1. The van der Waals surface area contributed by atoms with Gasteiger partial charge in [-0.15, -0.1) is 0 Å². The number of aromatic amines is 1. The number of amides is 2. The Bertz CT molecular complexity index is 1020. The summed E-state index contributed by atoms with van der Waals surface area (Å²) in [6.45, 7) is 5.10. The van der Waals surface area contributed by atoms with Crippen LogP contribution in [0.25, 0.3) is 10.9 Å². The van der Waals surface area contributed by atoms with E-state index in [1.165, 1.54) is 16.5 Å². The van der Waals surface area contributed by atoms with E-state index in [4.69, 9.17) is 0 Å². The molecular weight excluding hydrogens is 350 g/mol. The van der Waals surface area contributed by atoms with Gasteiger partial charge in [0.25, 0.3) is 0 Å². The molecule has 0 radical (unpaired) electrons. The molecule has 1 aromatic heterocycles. The molecule has 1 aliphatic heterocycles. The van der Waals surface area contributed by atoms with E-state index < -0.39 is 0 Å². The SMILES string of the molecule is Cc1ccc(N2C[C@@H](C(=O)NCCc3c[nH]c4ccc(C)cc34)CC2=O)cc1. The van der Waals surface area contributed by atoms with E-state index in [1.54, 1.807) is 4.90 Å². The van der Waals surface area contributed by atoms with Gasteiger partial charge in [0, 0.05) is 42.3 Å². The van der Waals surface area contributed by atoms with Crippen LogP contribution in [0.3, 0.4) is 0 Å². The predicted octanol–water partition coefficient (Wildman–Crippen LogP) is 3.50. The van der Waals surface area contributed by atoms with Crippen molar-refractivity contribution in [1.29, 1.82) is 0 Å². The molecule has 2 N–H and O–H groups in total. The van der Waals surface area contributed by atoms with E-state index in [0.717, 1.165) is 23.2 Å². The largest absolute Gasteiger partial charge is 0.361 e. The number of H-pyrrole nitrogens is 1. The normalized spacial score (nSPS) is 16.7. The van der Waals surface area contributed by atoms with Crippen molar-refractivity contribution in [3.63, 3.8) is 0 Å². The zero-order chi connectivity index (χ0) is 19.7. The first-order valence-electron chi connectivity index (χ1n) is 9.72. The summed E-state index contributed by atoms with van der Waals surface area (Å²) in [5.41, 5.74) is 5.54. The van der Waals surface area contributed by atoms with Crippen LogP contribution in [-0.2, 0) is 16.0 Å². The van der Waals surface area contributed by atoms with Gasteiger partial charge in [0.2, 0.25) is 11.8 Å². The molecule has 28 heavy (non-hydrogen) atoms. The maximum atomic E-state index is 12.6. The molecule has 0 aliphatic carbocycles. The Balaban J connectivity index is 1.34. The molecule has 2 heterocycles. The fraction of sp³-hybridized carbons (Fsp3) is 0.304. The maximum Gasteiger partial charge on any atom is 0.227 e. The fourth-order valence-corrected chi connectivity index (χ4v) is 3.82. The number of nitrogens with zero attached hydrogens (tertiary/aromatic N) is 1. The molecule has 2 amide bonds. The number of benzene rings is 2. The van der Waals surface area contributed by atoms with Crippen LogP contribution in [0, 0.1) is 19.8 Å². The van der Waals surface area contributed by atoms with Crippen molar-refractivity contribution in [1.82, 2.24) is 10.3 Å². The molecule has 1 fully saturated rings. The van der Waals surface area contributed by atoms with Gasteiger partial charge in [-0.2, -0.15) is 0 Å². The number of hydrogen-bond donors (Lipinski definition) is 2. The second kappa shape index (κ2) is 7.50. The molecule has 0 saturated carbocycles. The van der Waals surface area contributed by atoms with E-state index >= 15 is 0 Å². The predicted molar refractivity (Wildman–Crippen MR) is 111 cm³/mol. The second-order valence-electron chi connectivity index (χ2n) is 7.64. The molecule has 0 bridgehead atoms. The standard InChI is InChI=1S/C23H25N3O2/c1-15-3-6-19(7-4-15)26-14-18(12-22(26)27)23(28)24-10-9-17-13-25-21-8-5-16(2)11-20(17)21/h3-8,11,13,18,25H,9-10,12,14H2,1-2H3,(H,24,28)/t18-/m0/s1. The lowest BCUT2D eigenvalue weighted by molar-refractivity contribution is -0.126. The molecule has 1 saturated heterocycles. The van der Waals surface area contributed by atoms with Crippen molar-refractivity contribution in [2.24, 2.45) is 5.92 Å². The summed E-state index contributed by atoms with van der Waals surface area (Å²) in [6, 6.07) is 14.2. The number of aromatic nitrogens is 1. The zero-order valence-corrected chi connectivity index (χ0v) is 16.3. The van der Waals surface area contributed by atoms with Gasteiger partial charge in [0.1, 0.15) is 0 Å². The Kier molecular flexibility index (Phi) is 4.90. The summed E-state index contributed by atoms with van der Waals surface area (Å²) in [5.74, 6) is -0.325. The summed E-state index contributed by atoms with van der Waals surface area (Å²) in [7, 11) is 0. The molecule has 2 aromatic carbocycles. The number of aryl methyl sites for hydroxylation is 2. The summed E-state index contributed by atoms with van der Waals surface area (Å²) in [4.78, 5) is 29.9. The van der Waals surface area contributed by atoms with E-state index in [2.05, 4.69) is 35.4 Å². The number of rotatable bonds is 5. The average Bonchev–Trinajstić information content (AvgIpc) is 3.26. The third-order valence-electron chi connectivity index (χ3n) is 5.46. The Labute approximate surface area is 164 Å². The molecule has 1 atom stereocenters. The molecule has 5 nitrogen and oxygen atoms in total. The molecule has 0 spiro atoms. The molecule has 1 aliphatic rings. The highest BCUT2D eigenvalue weighted by Gasteiger charge is 2.34.